The predicted molar refractivity (Wildman–Crippen MR) is 105 cm³/mol. The molecule has 0 aliphatic heterocycles. The van der Waals surface area contributed by atoms with Crippen LogP contribution in [0.15, 0.2) is 34.9 Å². The molecule has 0 aliphatic rings. The van der Waals surface area contributed by atoms with Crippen molar-refractivity contribution in [3.8, 4) is 17.2 Å². The molecule has 0 bridgehead atoms. The molecule has 1 aromatic carbocycles. The first-order valence-corrected chi connectivity index (χ1v) is 9.00. The van der Waals surface area contributed by atoms with Crippen LogP contribution in [0.4, 0.5) is 0 Å². The predicted octanol–water partition coefficient (Wildman–Crippen LogP) is 3.36. The van der Waals surface area contributed by atoms with E-state index >= 15 is 0 Å². The van der Waals surface area contributed by atoms with Gasteiger partial charge in [-0.1, -0.05) is 6.07 Å². The fraction of sp³-hybridized carbons (Fsp3) is 0.263. The third-order valence-electron chi connectivity index (χ3n) is 4.26. The van der Waals surface area contributed by atoms with Gasteiger partial charge in [-0.3, -0.25) is 4.79 Å². The summed E-state index contributed by atoms with van der Waals surface area (Å²) in [5.74, 6) is 0.953. The number of rotatable bonds is 6. The van der Waals surface area contributed by atoms with Crippen LogP contribution in [-0.4, -0.2) is 36.6 Å². The Kier molecular flexibility index (Phi) is 5.55. The lowest BCUT2D eigenvalue weighted by atomic mass is 10.1. The minimum atomic E-state index is -0.272. The molecule has 2 heterocycles. The quantitative estimate of drug-likeness (QED) is 0.644. The second kappa shape index (κ2) is 7.87. The minimum absolute atomic E-state index is 0.272. The van der Waals surface area contributed by atoms with E-state index < -0.39 is 0 Å². The zero-order chi connectivity index (χ0) is 19.6. The van der Waals surface area contributed by atoms with Crippen LogP contribution in [0.5, 0.6) is 17.2 Å². The number of methoxy groups -OCH3 is 3. The van der Waals surface area contributed by atoms with Gasteiger partial charge in [-0.15, -0.1) is 0 Å². The van der Waals surface area contributed by atoms with Gasteiger partial charge in [0, 0.05) is 6.20 Å². The smallest absolute Gasteiger partial charge is 0.253 e. The number of nitrogens with zero attached hydrogens (tertiary/aromatic N) is 2. The molecular formula is C19H20BrN3O4. The van der Waals surface area contributed by atoms with Crippen LogP contribution in [0.2, 0.25) is 0 Å². The highest BCUT2D eigenvalue weighted by molar-refractivity contribution is 9.10. The van der Waals surface area contributed by atoms with E-state index in [1.165, 1.54) is 21.3 Å². The zero-order valence-electron chi connectivity index (χ0n) is 15.5. The van der Waals surface area contributed by atoms with Gasteiger partial charge in [0.1, 0.15) is 5.65 Å². The van der Waals surface area contributed by atoms with E-state index in [9.17, 15) is 4.79 Å². The standard InChI is InChI=1S/C19H20BrN3O4/c1-11-13(23-8-6-5-7-15(23)22-11)10-21-19(24)12-9-14(25-2)17(26-3)18(27-4)16(12)20/h5-9H,10H2,1-4H3,(H,21,24). The highest BCUT2D eigenvalue weighted by Gasteiger charge is 2.23. The van der Waals surface area contributed by atoms with Crippen LogP contribution in [0.1, 0.15) is 21.7 Å². The largest absolute Gasteiger partial charge is 0.493 e. The molecule has 1 N–H and O–H groups in total. The number of hydrogen-bond acceptors (Lipinski definition) is 5. The van der Waals surface area contributed by atoms with Crippen LogP contribution in [0, 0.1) is 6.92 Å². The maximum atomic E-state index is 12.8. The third kappa shape index (κ3) is 3.44. The zero-order valence-corrected chi connectivity index (χ0v) is 17.1. The molecule has 0 unspecified atom stereocenters. The Balaban J connectivity index is 1.91. The van der Waals surface area contributed by atoms with Crippen molar-refractivity contribution < 1.29 is 19.0 Å². The summed E-state index contributed by atoms with van der Waals surface area (Å²) < 4.78 is 18.5. The SMILES string of the molecule is COc1cc(C(=O)NCc2c(C)nc3ccccn23)c(Br)c(OC)c1OC. The first-order chi connectivity index (χ1) is 13.0. The summed E-state index contributed by atoms with van der Waals surface area (Å²) in [5, 5.41) is 2.93. The Morgan fingerprint density at radius 3 is 2.59 bits per heavy atom. The van der Waals surface area contributed by atoms with Crippen LogP contribution < -0.4 is 19.5 Å². The van der Waals surface area contributed by atoms with Gasteiger partial charge < -0.3 is 23.9 Å². The summed E-state index contributed by atoms with van der Waals surface area (Å²) in [6, 6.07) is 7.39. The van der Waals surface area contributed by atoms with Gasteiger partial charge in [0.05, 0.1) is 49.3 Å². The molecular weight excluding hydrogens is 414 g/mol. The van der Waals surface area contributed by atoms with E-state index in [0.717, 1.165) is 17.0 Å². The molecule has 3 aromatic rings. The fourth-order valence-corrected chi connectivity index (χ4v) is 3.56. The molecule has 0 saturated heterocycles. The molecule has 1 amide bonds. The van der Waals surface area contributed by atoms with Crippen molar-refractivity contribution in [1.29, 1.82) is 0 Å². The fourth-order valence-electron chi connectivity index (χ4n) is 2.92. The molecule has 0 saturated carbocycles. The number of aromatic nitrogens is 2. The maximum absolute atomic E-state index is 12.8. The highest BCUT2D eigenvalue weighted by atomic mass is 79.9. The van der Waals surface area contributed by atoms with E-state index in [-0.39, 0.29) is 5.91 Å². The number of pyridine rings is 1. The van der Waals surface area contributed by atoms with Gasteiger partial charge in [-0.2, -0.15) is 0 Å². The first kappa shape index (κ1) is 19.0. The van der Waals surface area contributed by atoms with Crippen molar-refractivity contribution >= 4 is 27.5 Å². The number of hydrogen-bond donors (Lipinski definition) is 1. The molecule has 8 heteroatoms. The molecule has 3 rings (SSSR count). The molecule has 0 radical (unpaired) electrons. The van der Waals surface area contributed by atoms with Crippen LogP contribution in [0.3, 0.4) is 0 Å². The monoisotopic (exact) mass is 433 g/mol. The lowest BCUT2D eigenvalue weighted by molar-refractivity contribution is 0.0948. The van der Waals surface area contributed by atoms with Gasteiger partial charge in [-0.05, 0) is 41.1 Å². The average molecular weight is 434 g/mol. The van der Waals surface area contributed by atoms with E-state index in [2.05, 4.69) is 26.2 Å². The molecule has 142 valence electrons. The highest BCUT2D eigenvalue weighted by Crippen LogP contribution is 2.44. The van der Waals surface area contributed by atoms with Crippen molar-refractivity contribution in [2.75, 3.05) is 21.3 Å². The Morgan fingerprint density at radius 2 is 1.93 bits per heavy atom. The van der Waals surface area contributed by atoms with Crippen molar-refractivity contribution in [3.63, 3.8) is 0 Å². The maximum Gasteiger partial charge on any atom is 0.253 e. The van der Waals surface area contributed by atoms with Crippen LogP contribution in [-0.2, 0) is 6.54 Å². The van der Waals surface area contributed by atoms with E-state index in [4.69, 9.17) is 14.2 Å². The molecule has 7 nitrogen and oxygen atoms in total. The van der Waals surface area contributed by atoms with Gasteiger partial charge in [0.2, 0.25) is 5.75 Å². The second-order valence-electron chi connectivity index (χ2n) is 5.76. The van der Waals surface area contributed by atoms with Gasteiger partial charge in [0.25, 0.3) is 5.91 Å². The lowest BCUT2D eigenvalue weighted by Gasteiger charge is -2.16. The van der Waals surface area contributed by atoms with Gasteiger partial charge >= 0.3 is 0 Å². The molecule has 27 heavy (non-hydrogen) atoms. The van der Waals surface area contributed by atoms with Crippen molar-refractivity contribution in [2.45, 2.75) is 13.5 Å². The molecule has 2 aromatic heterocycles. The number of imidazole rings is 1. The van der Waals surface area contributed by atoms with Crippen LogP contribution in [0.25, 0.3) is 5.65 Å². The first-order valence-electron chi connectivity index (χ1n) is 8.21. The molecule has 0 fully saturated rings. The number of nitrogens with one attached hydrogen (secondary N) is 1. The normalized spacial score (nSPS) is 10.7. The van der Waals surface area contributed by atoms with Crippen molar-refractivity contribution in [3.05, 3.63) is 51.9 Å². The molecule has 0 atom stereocenters. The number of amides is 1. The summed E-state index contributed by atoms with van der Waals surface area (Å²) >= 11 is 3.43. The Hall–Kier alpha value is -2.74. The number of fused-ring (bicyclic) bond motifs is 1. The summed E-state index contributed by atoms with van der Waals surface area (Å²) in [7, 11) is 4.53. The van der Waals surface area contributed by atoms with E-state index in [0.29, 0.717) is 33.8 Å². The second-order valence-corrected chi connectivity index (χ2v) is 6.56. The molecule has 0 aliphatic carbocycles. The van der Waals surface area contributed by atoms with Gasteiger partial charge in [0.15, 0.2) is 11.5 Å². The number of carbonyl (C=O) groups is 1. The number of halogens is 1. The number of aryl methyl sites for hydroxylation is 1. The van der Waals surface area contributed by atoms with Crippen LogP contribution >= 0.6 is 15.9 Å². The Labute approximate surface area is 165 Å². The summed E-state index contributed by atoms with van der Waals surface area (Å²) in [4.78, 5) is 17.3. The average Bonchev–Trinajstić information content (AvgIpc) is 3.00. The number of ether oxygens (including phenoxy) is 3. The van der Waals surface area contributed by atoms with Gasteiger partial charge in [-0.25, -0.2) is 4.98 Å². The third-order valence-corrected chi connectivity index (χ3v) is 5.05. The summed E-state index contributed by atoms with van der Waals surface area (Å²) in [6.07, 6.45) is 1.92. The van der Waals surface area contributed by atoms with E-state index in [1.54, 1.807) is 6.07 Å². The molecule has 0 spiro atoms. The number of benzene rings is 1. The Bertz CT molecular complexity index is 1000. The topological polar surface area (TPSA) is 74.1 Å². The minimum Gasteiger partial charge on any atom is -0.493 e. The number of carbonyl (C=O) groups excluding carboxylic acids is 1. The summed E-state index contributed by atoms with van der Waals surface area (Å²) in [6.45, 7) is 2.25. The van der Waals surface area contributed by atoms with E-state index in [1.807, 2.05) is 35.7 Å². The van der Waals surface area contributed by atoms with Crippen molar-refractivity contribution in [2.24, 2.45) is 0 Å². The Morgan fingerprint density at radius 1 is 1.19 bits per heavy atom. The summed E-state index contributed by atoms with van der Waals surface area (Å²) in [5.41, 5.74) is 3.01. The van der Waals surface area contributed by atoms with Crippen molar-refractivity contribution in [1.82, 2.24) is 14.7 Å². The lowest BCUT2D eigenvalue weighted by Crippen LogP contribution is -2.24.